The van der Waals surface area contributed by atoms with Gasteiger partial charge in [-0.15, -0.1) is 11.6 Å². The number of amides is 1. The molecular weight excluding hydrogens is 298 g/mol. The zero-order valence-corrected chi connectivity index (χ0v) is 13.0. The summed E-state index contributed by atoms with van der Waals surface area (Å²) < 4.78 is 23.3. The number of hydrogen-bond donors (Lipinski definition) is 0. The summed E-state index contributed by atoms with van der Waals surface area (Å²) >= 11 is 5.68. The van der Waals surface area contributed by atoms with Crippen molar-refractivity contribution in [2.45, 2.75) is 25.8 Å². The van der Waals surface area contributed by atoms with Crippen LogP contribution in [-0.2, 0) is 21.1 Å². The van der Waals surface area contributed by atoms with Gasteiger partial charge in [-0.3, -0.25) is 4.79 Å². The molecule has 4 nitrogen and oxygen atoms in total. The zero-order chi connectivity index (χ0) is 14.8. The fourth-order valence-corrected chi connectivity index (χ4v) is 4.36. The van der Waals surface area contributed by atoms with E-state index in [1.807, 2.05) is 31.2 Å². The molecule has 6 heteroatoms. The number of halogens is 1. The molecule has 0 unspecified atom stereocenters. The van der Waals surface area contributed by atoms with Gasteiger partial charge in [0.1, 0.15) is 5.88 Å². The second kappa shape index (κ2) is 6.14. The molecule has 1 aliphatic rings. The summed E-state index contributed by atoms with van der Waals surface area (Å²) in [7, 11) is -3.04. The van der Waals surface area contributed by atoms with E-state index in [9.17, 15) is 13.2 Å². The molecule has 1 heterocycles. The first-order valence-electron chi connectivity index (χ1n) is 6.64. The smallest absolute Gasteiger partial charge is 0.242 e. The summed E-state index contributed by atoms with van der Waals surface area (Å²) in [4.78, 5) is 13.7. The highest BCUT2D eigenvalue weighted by Gasteiger charge is 2.35. The third kappa shape index (κ3) is 3.33. The van der Waals surface area contributed by atoms with Crippen LogP contribution in [0.3, 0.4) is 0 Å². The third-order valence-corrected chi connectivity index (χ3v) is 5.53. The lowest BCUT2D eigenvalue weighted by Gasteiger charge is -2.28. The number of anilines is 1. The van der Waals surface area contributed by atoms with Crippen molar-refractivity contribution in [3.8, 4) is 0 Å². The van der Waals surface area contributed by atoms with Crippen molar-refractivity contribution in [2.24, 2.45) is 0 Å². The molecule has 1 aromatic carbocycles. The summed E-state index contributed by atoms with van der Waals surface area (Å²) in [6, 6.07) is 7.31. The van der Waals surface area contributed by atoms with Crippen molar-refractivity contribution in [3.63, 3.8) is 0 Å². The van der Waals surface area contributed by atoms with Crippen LogP contribution in [0.5, 0.6) is 0 Å². The molecule has 0 aromatic heterocycles. The lowest BCUT2D eigenvalue weighted by Crippen LogP contribution is -2.42. The van der Waals surface area contributed by atoms with Crippen LogP contribution in [0.15, 0.2) is 24.3 Å². The second-order valence-electron chi connectivity index (χ2n) is 4.98. The molecule has 1 atom stereocenters. The fourth-order valence-electron chi connectivity index (χ4n) is 2.53. The van der Waals surface area contributed by atoms with Gasteiger partial charge in [0, 0.05) is 5.69 Å². The Kier molecular flexibility index (Phi) is 4.70. The number of sulfone groups is 1. The Morgan fingerprint density at radius 3 is 2.75 bits per heavy atom. The maximum Gasteiger partial charge on any atom is 0.242 e. The molecule has 1 aliphatic heterocycles. The monoisotopic (exact) mass is 315 g/mol. The number of carbonyl (C=O) groups excluding carboxylic acids is 1. The maximum absolute atomic E-state index is 12.1. The Morgan fingerprint density at radius 1 is 1.45 bits per heavy atom. The number of nitrogens with zero attached hydrogens (tertiary/aromatic N) is 1. The Labute approximate surface area is 124 Å². The molecule has 20 heavy (non-hydrogen) atoms. The molecule has 2 rings (SSSR count). The maximum atomic E-state index is 12.1. The zero-order valence-electron chi connectivity index (χ0n) is 11.4. The number of carbonyl (C=O) groups is 1. The SMILES string of the molecule is CCc1cccc(N(C(=O)CCl)[C@@H]2CCS(=O)(=O)C2)c1. The minimum Gasteiger partial charge on any atom is -0.307 e. The Morgan fingerprint density at radius 2 is 2.20 bits per heavy atom. The summed E-state index contributed by atoms with van der Waals surface area (Å²) in [6.07, 6.45) is 1.33. The van der Waals surface area contributed by atoms with Crippen LogP contribution < -0.4 is 4.90 Å². The predicted octanol–water partition coefficient (Wildman–Crippen LogP) is 2.01. The molecule has 0 N–H and O–H groups in total. The van der Waals surface area contributed by atoms with Crippen molar-refractivity contribution < 1.29 is 13.2 Å². The molecule has 1 amide bonds. The van der Waals surface area contributed by atoms with Gasteiger partial charge >= 0.3 is 0 Å². The normalized spacial score (nSPS) is 20.8. The molecule has 0 saturated carbocycles. The van der Waals surface area contributed by atoms with Gasteiger partial charge in [-0.2, -0.15) is 0 Å². The molecular formula is C14H18ClNO3S. The van der Waals surface area contributed by atoms with Crippen molar-refractivity contribution in [3.05, 3.63) is 29.8 Å². The topological polar surface area (TPSA) is 54.5 Å². The molecule has 0 radical (unpaired) electrons. The largest absolute Gasteiger partial charge is 0.307 e. The highest BCUT2D eigenvalue weighted by atomic mass is 35.5. The number of hydrogen-bond acceptors (Lipinski definition) is 3. The highest BCUT2D eigenvalue weighted by molar-refractivity contribution is 7.91. The third-order valence-electron chi connectivity index (χ3n) is 3.55. The van der Waals surface area contributed by atoms with Gasteiger partial charge in [0.05, 0.1) is 17.5 Å². The van der Waals surface area contributed by atoms with E-state index in [1.165, 1.54) is 0 Å². The van der Waals surface area contributed by atoms with Crippen LogP contribution in [0.1, 0.15) is 18.9 Å². The summed E-state index contributed by atoms with van der Waals surface area (Å²) in [5.41, 5.74) is 1.84. The predicted molar refractivity (Wildman–Crippen MR) is 81.1 cm³/mol. The fraction of sp³-hybridized carbons (Fsp3) is 0.500. The van der Waals surface area contributed by atoms with E-state index >= 15 is 0 Å². The molecule has 0 bridgehead atoms. The Balaban J connectivity index is 2.35. The van der Waals surface area contributed by atoms with Crippen LogP contribution in [-0.4, -0.2) is 37.8 Å². The van der Waals surface area contributed by atoms with Crippen molar-refractivity contribution >= 4 is 33.0 Å². The quantitative estimate of drug-likeness (QED) is 0.799. The van der Waals surface area contributed by atoms with E-state index in [0.29, 0.717) is 6.42 Å². The van der Waals surface area contributed by atoms with E-state index in [0.717, 1.165) is 17.7 Å². The lowest BCUT2D eigenvalue weighted by atomic mass is 10.1. The van der Waals surface area contributed by atoms with E-state index in [-0.39, 0.29) is 29.3 Å². The van der Waals surface area contributed by atoms with Gasteiger partial charge in [0.15, 0.2) is 9.84 Å². The first-order chi connectivity index (χ1) is 9.46. The van der Waals surface area contributed by atoms with E-state index in [2.05, 4.69) is 0 Å². The number of rotatable bonds is 4. The number of aryl methyl sites for hydroxylation is 1. The minimum absolute atomic E-state index is 0.0198. The average molecular weight is 316 g/mol. The van der Waals surface area contributed by atoms with Crippen molar-refractivity contribution in [1.82, 2.24) is 0 Å². The Hall–Kier alpha value is -1.07. The first kappa shape index (κ1) is 15.3. The van der Waals surface area contributed by atoms with Gasteiger partial charge in [-0.25, -0.2) is 8.42 Å². The molecule has 110 valence electrons. The molecule has 0 aliphatic carbocycles. The summed E-state index contributed by atoms with van der Waals surface area (Å²) in [5.74, 6) is -0.238. The molecule has 0 spiro atoms. The van der Waals surface area contributed by atoms with E-state index in [4.69, 9.17) is 11.6 Å². The van der Waals surface area contributed by atoms with Gasteiger partial charge in [0.2, 0.25) is 5.91 Å². The molecule has 1 fully saturated rings. The number of alkyl halides is 1. The average Bonchev–Trinajstić information content (AvgIpc) is 2.79. The second-order valence-corrected chi connectivity index (χ2v) is 7.47. The number of benzene rings is 1. The molecule has 1 aromatic rings. The van der Waals surface area contributed by atoms with Crippen molar-refractivity contribution in [2.75, 3.05) is 22.3 Å². The van der Waals surface area contributed by atoms with Gasteiger partial charge in [-0.1, -0.05) is 19.1 Å². The standard InChI is InChI=1S/C14H18ClNO3S/c1-2-11-4-3-5-12(8-11)16(14(17)9-15)13-6-7-20(18,19)10-13/h3-5,8,13H,2,6-7,9-10H2,1H3/t13-/m1/s1. The van der Waals surface area contributed by atoms with Crippen LogP contribution in [0.4, 0.5) is 5.69 Å². The van der Waals surface area contributed by atoms with E-state index < -0.39 is 9.84 Å². The summed E-state index contributed by atoms with van der Waals surface area (Å²) in [6.45, 7) is 2.03. The van der Waals surface area contributed by atoms with E-state index in [1.54, 1.807) is 4.90 Å². The minimum atomic E-state index is -3.04. The van der Waals surface area contributed by atoms with Crippen LogP contribution >= 0.6 is 11.6 Å². The van der Waals surface area contributed by atoms with Gasteiger partial charge in [0.25, 0.3) is 0 Å². The van der Waals surface area contributed by atoms with Crippen LogP contribution in [0.25, 0.3) is 0 Å². The van der Waals surface area contributed by atoms with Crippen LogP contribution in [0.2, 0.25) is 0 Å². The van der Waals surface area contributed by atoms with Gasteiger partial charge in [-0.05, 0) is 30.5 Å². The van der Waals surface area contributed by atoms with Crippen molar-refractivity contribution in [1.29, 1.82) is 0 Å². The lowest BCUT2D eigenvalue weighted by molar-refractivity contribution is -0.116. The van der Waals surface area contributed by atoms with Crippen LogP contribution in [0, 0.1) is 0 Å². The summed E-state index contributed by atoms with van der Waals surface area (Å²) in [5, 5.41) is 0. The molecule has 1 saturated heterocycles. The first-order valence-corrected chi connectivity index (χ1v) is 9.00. The Bertz CT molecular complexity index is 600. The van der Waals surface area contributed by atoms with Gasteiger partial charge < -0.3 is 4.90 Å². The highest BCUT2D eigenvalue weighted by Crippen LogP contribution is 2.26.